The van der Waals surface area contributed by atoms with E-state index in [9.17, 15) is 4.79 Å². The standard InChI is InChI=1S/C17H16N2O/c20-17(14-16-10-5-2-6-11-16)19-18-13-7-12-15-8-3-1-4-9-15/h1-13H,14H2,(H,19,20)/b12-7+,18-13+. The van der Waals surface area contributed by atoms with Crippen molar-refractivity contribution in [1.29, 1.82) is 0 Å². The molecule has 0 unspecified atom stereocenters. The zero-order chi connectivity index (χ0) is 14.0. The Bertz CT molecular complexity index is 589. The van der Waals surface area contributed by atoms with E-state index in [0.29, 0.717) is 6.42 Å². The molecule has 1 amide bonds. The molecule has 0 aromatic heterocycles. The second kappa shape index (κ2) is 7.69. The Kier molecular flexibility index (Phi) is 5.28. The molecule has 0 heterocycles. The molecule has 0 aliphatic heterocycles. The lowest BCUT2D eigenvalue weighted by Crippen LogP contribution is -2.19. The zero-order valence-electron chi connectivity index (χ0n) is 11.1. The maximum atomic E-state index is 11.6. The predicted octanol–water partition coefficient (Wildman–Crippen LogP) is 3.04. The lowest BCUT2D eigenvalue weighted by atomic mass is 10.1. The van der Waals surface area contributed by atoms with E-state index in [-0.39, 0.29) is 5.91 Å². The topological polar surface area (TPSA) is 41.5 Å². The summed E-state index contributed by atoms with van der Waals surface area (Å²) in [6, 6.07) is 19.5. The maximum Gasteiger partial charge on any atom is 0.244 e. The fraction of sp³-hybridized carbons (Fsp3) is 0.0588. The Morgan fingerprint density at radius 1 is 1.00 bits per heavy atom. The number of nitrogens with zero attached hydrogens (tertiary/aromatic N) is 1. The van der Waals surface area contributed by atoms with Crippen molar-refractivity contribution in [3.05, 3.63) is 77.9 Å². The number of benzene rings is 2. The van der Waals surface area contributed by atoms with Gasteiger partial charge in [0.15, 0.2) is 0 Å². The van der Waals surface area contributed by atoms with Crippen molar-refractivity contribution in [1.82, 2.24) is 5.43 Å². The van der Waals surface area contributed by atoms with E-state index in [1.54, 1.807) is 12.3 Å². The monoisotopic (exact) mass is 264 g/mol. The number of carbonyl (C=O) groups is 1. The van der Waals surface area contributed by atoms with Crippen molar-refractivity contribution >= 4 is 18.2 Å². The summed E-state index contributed by atoms with van der Waals surface area (Å²) in [6.45, 7) is 0. The van der Waals surface area contributed by atoms with Crippen LogP contribution in [0.1, 0.15) is 11.1 Å². The summed E-state index contributed by atoms with van der Waals surface area (Å²) in [6.07, 6.45) is 5.61. The van der Waals surface area contributed by atoms with Crippen LogP contribution in [-0.4, -0.2) is 12.1 Å². The van der Waals surface area contributed by atoms with Crippen LogP contribution in [0.25, 0.3) is 6.08 Å². The highest BCUT2D eigenvalue weighted by Crippen LogP contribution is 2.00. The molecule has 0 aliphatic rings. The summed E-state index contributed by atoms with van der Waals surface area (Å²) < 4.78 is 0. The van der Waals surface area contributed by atoms with Gasteiger partial charge in [-0.05, 0) is 17.2 Å². The minimum atomic E-state index is -0.124. The van der Waals surface area contributed by atoms with Gasteiger partial charge in [0.25, 0.3) is 0 Å². The van der Waals surface area contributed by atoms with E-state index in [1.807, 2.05) is 66.7 Å². The molecule has 3 nitrogen and oxygen atoms in total. The van der Waals surface area contributed by atoms with E-state index in [0.717, 1.165) is 11.1 Å². The molecule has 1 N–H and O–H groups in total. The van der Waals surface area contributed by atoms with Crippen LogP contribution in [0.15, 0.2) is 71.8 Å². The third-order valence-corrected chi connectivity index (χ3v) is 2.65. The van der Waals surface area contributed by atoms with Gasteiger partial charge in [0.2, 0.25) is 5.91 Å². The molecular weight excluding hydrogens is 248 g/mol. The Labute approximate surface area is 118 Å². The van der Waals surface area contributed by atoms with Crippen LogP contribution in [0.5, 0.6) is 0 Å². The van der Waals surface area contributed by atoms with Crippen molar-refractivity contribution in [3.8, 4) is 0 Å². The lowest BCUT2D eigenvalue weighted by molar-refractivity contribution is -0.120. The van der Waals surface area contributed by atoms with E-state index in [1.165, 1.54) is 0 Å². The molecule has 0 aliphatic carbocycles. The molecule has 0 saturated heterocycles. The third-order valence-electron chi connectivity index (χ3n) is 2.65. The van der Waals surface area contributed by atoms with Crippen molar-refractivity contribution in [2.45, 2.75) is 6.42 Å². The molecule has 100 valence electrons. The first-order valence-electron chi connectivity index (χ1n) is 6.42. The average molecular weight is 264 g/mol. The molecule has 0 radical (unpaired) electrons. The number of hydrogen-bond donors (Lipinski definition) is 1. The largest absolute Gasteiger partial charge is 0.273 e. The minimum Gasteiger partial charge on any atom is -0.273 e. The number of allylic oxidation sites excluding steroid dienone is 1. The van der Waals surface area contributed by atoms with Gasteiger partial charge in [-0.2, -0.15) is 5.10 Å². The number of hydrogen-bond acceptors (Lipinski definition) is 2. The molecule has 0 atom stereocenters. The summed E-state index contributed by atoms with van der Waals surface area (Å²) in [5.74, 6) is -0.124. The Morgan fingerprint density at radius 3 is 2.35 bits per heavy atom. The van der Waals surface area contributed by atoms with Crippen molar-refractivity contribution < 1.29 is 4.79 Å². The van der Waals surface area contributed by atoms with Crippen molar-refractivity contribution in [2.75, 3.05) is 0 Å². The summed E-state index contributed by atoms with van der Waals surface area (Å²) >= 11 is 0. The molecule has 20 heavy (non-hydrogen) atoms. The van der Waals surface area contributed by atoms with Crippen molar-refractivity contribution in [2.24, 2.45) is 5.10 Å². The van der Waals surface area contributed by atoms with Crippen molar-refractivity contribution in [3.63, 3.8) is 0 Å². The normalized spacial score (nSPS) is 11.0. The summed E-state index contributed by atoms with van der Waals surface area (Å²) in [5, 5.41) is 3.87. The molecule has 2 aromatic carbocycles. The number of nitrogens with one attached hydrogen (secondary N) is 1. The second-order valence-corrected chi connectivity index (χ2v) is 4.25. The summed E-state index contributed by atoms with van der Waals surface area (Å²) in [5.41, 5.74) is 4.56. The Balaban J connectivity index is 1.76. The number of amides is 1. The number of hydrazone groups is 1. The molecule has 0 fully saturated rings. The van der Waals surface area contributed by atoms with Crippen LogP contribution >= 0.6 is 0 Å². The highest BCUT2D eigenvalue weighted by molar-refractivity contribution is 5.82. The highest BCUT2D eigenvalue weighted by atomic mass is 16.2. The SMILES string of the molecule is O=C(Cc1ccccc1)N/N=C/C=C/c1ccccc1. The smallest absolute Gasteiger partial charge is 0.244 e. The first kappa shape index (κ1) is 13.7. The van der Waals surface area contributed by atoms with Crippen LogP contribution in [0, 0.1) is 0 Å². The second-order valence-electron chi connectivity index (χ2n) is 4.25. The average Bonchev–Trinajstić information content (AvgIpc) is 2.49. The van der Waals surface area contributed by atoms with Gasteiger partial charge in [0.1, 0.15) is 0 Å². The van der Waals surface area contributed by atoms with Crippen LogP contribution in [-0.2, 0) is 11.2 Å². The Morgan fingerprint density at radius 2 is 1.65 bits per heavy atom. The first-order valence-corrected chi connectivity index (χ1v) is 6.42. The zero-order valence-corrected chi connectivity index (χ0v) is 11.1. The molecule has 2 aromatic rings. The van der Waals surface area contributed by atoms with E-state index in [4.69, 9.17) is 0 Å². The lowest BCUT2D eigenvalue weighted by Gasteiger charge is -1.98. The van der Waals surface area contributed by atoms with Gasteiger partial charge in [0.05, 0.1) is 6.42 Å². The highest BCUT2D eigenvalue weighted by Gasteiger charge is 1.99. The third kappa shape index (κ3) is 4.90. The van der Waals surface area contributed by atoms with Crippen LogP contribution in [0.2, 0.25) is 0 Å². The predicted molar refractivity (Wildman–Crippen MR) is 82.3 cm³/mol. The molecule has 0 bridgehead atoms. The number of carbonyl (C=O) groups excluding carboxylic acids is 1. The fourth-order valence-electron chi connectivity index (χ4n) is 1.69. The molecule has 2 rings (SSSR count). The molecule has 0 spiro atoms. The summed E-state index contributed by atoms with van der Waals surface area (Å²) in [7, 11) is 0. The molecule has 3 heteroatoms. The van der Waals surface area contributed by atoms with Gasteiger partial charge < -0.3 is 0 Å². The molecular formula is C17H16N2O. The van der Waals surface area contributed by atoms with Gasteiger partial charge in [-0.3, -0.25) is 4.79 Å². The van der Waals surface area contributed by atoms with Crippen LogP contribution in [0.4, 0.5) is 0 Å². The Hall–Kier alpha value is -2.68. The molecule has 0 saturated carbocycles. The fourth-order valence-corrected chi connectivity index (χ4v) is 1.69. The van der Waals surface area contributed by atoms with Crippen LogP contribution < -0.4 is 5.43 Å². The van der Waals surface area contributed by atoms with Gasteiger partial charge in [-0.1, -0.05) is 66.7 Å². The van der Waals surface area contributed by atoms with Gasteiger partial charge in [0, 0.05) is 6.21 Å². The van der Waals surface area contributed by atoms with E-state index >= 15 is 0 Å². The van der Waals surface area contributed by atoms with Gasteiger partial charge >= 0.3 is 0 Å². The number of rotatable bonds is 5. The van der Waals surface area contributed by atoms with Gasteiger partial charge in [-0.15, -0.1) is 0 Å². The summed E-state index contributed by atoms with van der Waals surface area (Å²) in [4.78, 5) is 11.6. The van der Waals surface area contributed by atoms with E-state index in [2.05, 4.69) is 10.5 Å². The first-order chi connectivity index (χ1) is 9.84. The van der Waals surface area contributed by atoms with Gasteiger partial charge in [-0.25, -0.2) is 5.43 Å². The minimum absolute atomic E-state index is 0.124. The maximum absolute atomic E-state index is 11.6. The van der Waals surface area contributed by atoms with Crippen LogP contribution in [0.3, 0.4) is 0 Å². The van der Waals surface area contributed by atoms with E-state index < -0.39 is 0 Å². The quantitative estimate of drug-likeness (QED) is 0.654.